The van der Waals surface area contributed by atoms with Gasteiger partial charge >= 0.3 is 0 Å². The third kappa shape index (κ3) is 5.74. The van der Waals surface area contributed by atoms with Gasteiger partial charge in [-0.2, -0.15) is 0 Å². The lowest BCUT2D eigenvalue weighted by molar-refractivity contribution is -0.118. The first-order valence-corrected chi connectivity index (χ1v) is 10.5. The van der Waals surface area contributed by atoms with Gasteiger partial charge in [-0.15, -0.1) is 0 Å². The number of hydrogen-bond donors (Lipinski definition) is 1. The molecule has 1 heterocycles. The Labute approximate surface area is 182 Å². The lowest BCUT2D eigenvalue weighted by atomic mass is 10.0. The van der Waals surface area contributed by atoms with E-state index in [4.69, 9.17) is 16.3 Å². The molecule has 1 fully saturated rings. The number of piperazine rings is 1. The Kier molecular flexibility index (Phi) is 7.34. The van der Waals surface area contributed by atoms with E-state index in [2.05, 4.69) is 24.1 Å². The van der Waals surface area contributed by atoms with Gasteiger partial charge in [-0.05, 0) is 48.9 Å². The zero-order valence-electron chi connectivity index (χ0n) is 17.7. The number of nitrogens with zero attached hydrogens (tertiary/aromatic N) is 2. The zero-order valence-corrected chi connectivity index (χ0v) is 18.4. The fraction of sp³-hybridized carbons (Fsp3) is 0.391. The molecule has 0 saturated carbocycles. The van der Waals surface area contributed by atoms with Crippen molar-refractivity contribution in [3.63, 3.8) is 0 Å². The second-order valence-corrected chi connectivity index (χ2v) is 8.26. The molecule has 2 amide bonds. The molecule has 0 atom stereocenters. The van der Waals surface area contributed by atoms with Crippen LogP contribution in [0.5, 0.6) is 5.75 Å². The van der Waals surface area contributed by atoms with Crippen molar-refractivity contribution in [2.75, 3.05) is 45.2 Å². The van der Waals surface area contributed by atoms with Crippen molar-refractivity contribution < 1.29 is 14.3 Å². The molecular formula is C23H28ClN3O3. The highest BCUT2D eigenvalue weighted by molar-refractivity contribution is 6.33. The van der Waals surface area contributed by atoms with Gasteiger partial charge < -0.3 is 19.9 Å². The van der Waals surface area contributed by atoms with E-state index in [1.54, 1.807) is 18.2 Å². The summed E-state index contributed by atoms with van der Waals surface area (Å²) in [5, 5.41) is 3.12. The van der Waals surface area contributed by atoms with Crippen LogP contribution in [-0.2, 0) is 4.79 Å². The number of amides is 2. The van der Waals surface area contributed by atoms with E-state index in [0.29, 0.717) is 41.0 Å². The lowest BCUT2D eigenvalue weighted by Crippen LogP contribution is -2.47. The Morgan fingerprint density at radius 2 is 1.73 bits per heavy atom. The molecular weight excluding hydrogens is 402 g/mol. The van der Waals surface area contributed by atoms with Crippen molar-refractivity contribution in [1.29, 1.82) is 0 Å². The Morgan fingerprint density at radius 3 is 2.37 bits per heavy atom. The molecule has 2 aromatic rings. The van der Waals surface area contributed by atoms with E-state index in [-0.39, 0.29) is 18.4 Å². The smallest absolute Gasteiger partial charge is 0.262 e. The van der Waals surface area contributed by atoms with Gasteiger partial charge in [0.2, 0.25) is 0 Å². The van der Waals surface area contributed by atoms with E-state index in [1.165, 1.54) is 5.56 Å². The highest BCUT2D eigenvalue weighted by atomic mass is 35.5. The first-order chi connectivity index (χ1) is 14.3. The molecule has 0 aliphatic carbocycles. The Hall–Kier alpha value is -2.57. The van der Waals surface area contributed by atoms with Crippen LogP contribution in [0, 0.1) is 0 Å². The van der Waals surface area contributed by atoms with Crippen molar-refractivity contribution >= 4 is 29.1 Å². The summed E-state index contributed by atoms with van der Waals surface area (Å²) in [5.74, 6) is 0.663. The number of carbonyl (C=O) groups is 2. The van der Waals surface area contributed by atoms with Crippen LogP contribution in [0.25, 0.3) is 0 Å². The summed E-state index contributed by atoms with van der Waals surface area (Å²) in [5.41, 5.74) is 2.12. The van der Waals surface area contributed by atoms with Crippen LogP contribution in [0.2, 0.25) is 5.02 Å². The van der Waals surface area contributed by atoms with E-state index >= 15 is 0 Å². The van der Waals surface area contributed by atoms with E-state index in [9.17, 15) is 9.59 Å². The Balaban J connectivity index is 1.59. The molecule has 0 aromatic heterocycles. The molecule has 30 heavy (non-hydrogen) atoms. The van der Waals surface area contributed by atoms with Crippen LogP contribution >= 0.6 is 11.6 Å². The minimum absolute atomic E-state index is 0.0586. The maximum Gasteiger partial charge on any atom is 0.262 e. The number of anilines is 1. The van der Waals surface area contributed by atoms with E-state index in [0.717, 1.165) is 13.1 Å². The third-order valence-corrected chi connectivity index (χ3v) is 5.52. The first-order valence-electron chi connectivity index (χ1n) is 10.1. The molecule has 0 unspecified atom stereocenters. The molecule has 1 aliphatic rings. The lowest BCUT2D eigenvalue weighted by Gasteiger charge is -2.32. The van der Waals surface area contributed by atoms with Gasteiger partial charge in [0.1, 0.15) is 5.75 Å². The molecule has 1 saturated heterocycles. The van der Waals surface area contributed by atoms with Gasteiger partial charge in [0, 0.05) is 31.7 Å². The van der Waals surface area contributed by atoms with E-state index < -0.39 is 0 Å². The van der Waals surface area contributed by atoms with Crippen LogP contribution < -0.4 is 10.1 Å². The van der Waals surface area contributed by atoms with Gasteiger partial charge in [0.05, 0.1) is 10.7 Å². The summed E-state index contributed by atoms with van der Waals surface area (Å²) in [4.78, 5) is 29.1. The number of halogens is 1. The number of rotatable bonds is 6. The predicted molar refractivity (Wildman–Crippen MR) is 120 cm³/mol. The zero-order chi connectivity index (χ0) is 21.7. The van der Waals surface area contributed by atoms with Crippen molar-refractivity contribution in [3.8, 4) is 5.75 Å². The number of ether oxygens (including phenoxy) is 1. The maximum atomic E-state index is 12.8. The Bertz CT molecular complexity index is 891. The summed E-state index contributed by atoms with van der Waals surface area (Å²) >= 11 is 6.23. The second kappa shape index (κ2) is 9.96. The second-order valence-electron chi connectivity index (χ2n) is 7.85. The molecule has 6 nitrogen and oxygen atoms in total. The number of nitrogens with one attached hydrogen (secondary N) is 1. The molecule has 0 spiro atoms. The van der Waals surface area contributed by atoms with E-state index in [1.807, 2.05) is 36.2 Å². The average molecular weight is 430 g/mol. The fourth-order valence-electron chi connectivity index (χ4n) is 3.23. The number of likely N-dealkylation sites (N-methyl/N-ethyl adjacent to an activating group) is 1. The number of benzene rings is 2. The maximum absolute atomic E-state index is 12.8. The summed E-state index contributed by atoms with van der Waals surface area (Å²) < 4.78 is 5.56. The third-order valence-electron chi connectivity index (χ3n) is 5.19. The molecule has 1 N–H and O–H groups in total. The minimum atomic E-state index is -0.339. The van der Waals surface area contributed by atoms with Crippen molar-refractivity contribution in [1.82, 2.24) is 9.80 Å². The highest BCUT2D eigenvalue weighted by Gasteiger charge is 2.21. The van der Waals surface area contributed by atoms with Crippen LogP contribution in [0.3, 0.4) is 0 Å². The standard InChI is InChI=1S/C23H28ClN3O3/c1-16(2)17-4-7-19(8-5-17)30-15-22(28)25-21-14-18(6-9-20(21)24)23(29)27-12-10-26(3)11-13-27/h4-9,14,16H,10-13,15H2,1-3H3,(H,25,28). The molecule has 1 aliphatic heterocycles. The van der Waals surface area contributed by atoms with Gasteiger partial charge in [-0.3, -0.25) is 9.59 Å². The van der Waals surface area contributed by atoms with Crippen LogP contribution in [0.4, 0.5) is 5.69 Å². The van der Waals surface area contributed by atoms with Gasteiger partial charge in [-0.1, -0.05) is 37.6 Å². The summed E-state index contributed by atoms with van der Waals surface area (Å²) in [6.45, 7) is 7.16. The topological polar surface area (TPSA) is 61.9 Å². The van der Waals surface area contributed by atoms with Crippen LogP contribution in [0.1, 0.15) is 35.7 Å². The van der Waals surface area contributed by atoms with Crippen molar-refractivity contribution in [2.24, 2.45) is 0 Å². The molecule has 160 valence electrons. The highest BCUT2D eigenvalue weighted by Crippen LogP contribution is 2.24. The minimum Gasteiger partial charge on any atom is -0.484 e. The normalized spacial score (nSPS) is 14.6. The quantitative estimate of drug-likeness (QED) is 0.757. The largest absolute Gasteiger partial charge is 0.484 e. The van der Waals surface area contributed by atoms with Crippen LogP contribution in [-0.4, -0.2) is 61.4 Å². The molecule has 0 radical (unpaired) electrons. The van der Waals surface area contributed by atoms with Gasteiger partial charge in [-0.25, -0.2) is 0 Å². The molecule has 0 bridgehead atoms. The first kappa shape index (κ1) is 22.1. The van der Waals surface area contributed by atoms with Crippen LogP contribution in [0.15, 0.2) is 42.5 Å². The predicted octanol–water partition coefficient (Wildman–Crippen LogP) is 3.87. The number of hydrogen-bond acceptors (Lipinski definition) is 4. The van der Waals surface area contributed by atoms with Gasteiger partial charge in [0.25, 0.3) is 11.8 Å². The SMILES string of the molecule is CC(C)c1ccc(OCC(=O)Nc2cc(C(=O)N3CCN(C)CC3)ccc2Cl)cc1. The Morgan fingerprint density at radius 1 is 1.07 bits per heavy atom. The molecule has 2 aromatic carbocycles. The fourth-order valence-corrected chi connectivity index (χ4v) is 3.40. The van der Waals surface area contributed by atoms with Gasteiger partial charge in [0.15, 0.2) is 6.61 Å². The van der Waals surface area contributed by atoms with Crippen molar-refractivity contribution in [3.05, 3.63) is 58.6 Å². The monoisotopic (exact) mass is 429 g/mol. The molecule has 7 heteroatoms. The summed E-state index contributed by atoms with van der Waals surface area (Å²) in [6, 6.07) is 12.6. The average Bonchev–Trinajstić information content (AvgIpc) is 2.74. The molecule has 3 rings (SSSR count). The summed E-state index contributed by atoms with van der Waals surface area (Å²) in [6.07, 6.45) is 0. The summed E-state index contributed by atoms with van der Waals surface area (Å²) in [7, 11) is 2.04. The number of carbonyl (C=O) groups excluding carboxylic acids is 2. The van der Waals surface area contributed by atoms with Crippen molar-refractivity contribution in [2.45, 2.75) is 19.8 Å².